The van der Waals surface area contributed by atoms with Gasteiger partial charge in [-0.2, -0.15) is 0 Å². The van der Waals surface area contributed by atoms with Gasteiger partial charge in [0.25, 0.3) is 0 Å². The van der Waals surface area contributed by atoms with E-state index in [0.717, 1.165) is 11.1 Å². The fraction of sp³-hybridized carbons (Fsp3) is 0.240. The van der Waals surface area contributed by atoms with Crippen molar-refractivity contribution in [2.75, 3.05) is 7.05 Å². The molecule has 3 aromatic carbocycles. The molecule has 1 saturated heterocycles. The maximum absolute atomic E-state index is 13.0. The first-order chi connectivity index (χ1) is 15.3. The molecule has 0 amide bonds. The van der Waals surface area contributed by atoms with Gasteiger partial charge in [-0.1, -0.05) is 72.8 Å². The van der Waals surface area contributed by atoms with Gasteiger partial charge in [-0.05, 0) is 42.3 Å². The standard InChI is InChI=1S/C25H22F3NO3/c1-29-21(16-17-12-14-20(15-13-17)32-25(26,27)28)24(30)31-23(19-10-6-3-7-11-19)22(29)18-8-4-2-5-9-18/h2-15,21-23H,16H2,1H3. The predicted octanol–water partition coefficient (Wildman–Crippen LogP) is 5.47. The van der Waals surface area contributed by atoms with E-state index in [9.17, 15) is 18.0 Å². The van der Waals surface area contributed by atoms with Crippen molar-refractivity contribution in [3.8, 4) is 5.75 Å². The van der Waals surface area contributed by atoms with Gasteiger partial charge >= 0.3 is 12.3 Å². The zero-order valence-electron chi connectivity index (χ0n) is 17.3. The van der Waals surface area contributed by atoms with Gasteiger partial charge < -0.3 is 9.47 Å². The Morgan fingerprint density at radius 1 is 0.875 bits per heavy atom. The number of morpholine rings is 1. The van der Waals surface area contributed by atoms with E-state index in [0.29, 0.717) is 12.0 Å². The van der Waals surface area contributed by atoms with E-state index in [1.165, 1.54) is 24.3 Å². The van der Waals surface area contributed by atoms with Crippen LogP contribution in [0.3, 0.4) is 0 Å². The van der Waals surface area contributed by atoms with Gasteiger partial charge in [0.05, 0.1) is 6.04 Å². The third-order valence-corrected chi connectivity index (χ3v) is 5.59. The minimum atomic E-state index is -4.75. The number of esters is 1. The molecule has 0 saturated carbocycles. The zero-order chi connectivity index (χ0) is 22.7. The molecule has 3 atom stereocenters. The fourth-order valence-corrected chi connectivity index (χ4v) is 4.07. The molecule has 166 valence electrons. The van der Waals surface area contributed by atoms with Gasteiger partial charge in [0.1, 0.15) is 17.9 Å². The quantitative estimate of drug-likeness (QED) is 0.493. The summed E-state index contributed by atoms with van der Waals surface area (Å²) < 4.78 is 47.1. The average Bonchev–Trinajstić information content (AvgIpc) is 2.77. The second kappa shape index (κ2) is 9.04. The molecular weight excluding hydrogens is 419 g/mol. The smallest absolute Gasteiger partial charge is 0.454 e. The molecule has 3 unspecified atom stereocenters. The average molecular weight is 441 g/mol. The van der Waals surface area contributed by atoms with Crippen molar-refractivity contribution in [3.63, 3.8) is 0 Å². The van der Waals surface area contributed by atoms with Crippen LogP contribution >= 0.6 is 0 Å². The third-order valence-electron chi connectivity index (χ3n) is 5.59. The van der Waals surface area contributed by atoms with Crippen molar-refractivity contribution in [2.45, 2.75) is 31.0 Å². The molecule has 4 rings (SSSR count). The molecule has 0 spiro atoms. The third kappa shape index (κ3) is 4.94. The second-order valence-corrected chi connectivity index (χ2v) is 7.70. The maximum Gasteiger partial charge on any atom is 0.573 e. The summed E-state index contributed by atoms with van der Waals surface area (Å²) in [4.78, 5) is 15.0. The van der Waals surface area contributed by atoms with Crippen LogP contribution in [0, 0.1) is 0 Å². The fourth-order valence-electron chi connectivity index (χ4n) is 4.07. The van der Waals surface area contributed by atoms with Crippen molar-refractivity contribution in [1.82, 2.24) is 4.90 Å². The molecule has 4 nitrogen and oxygen atoms in total. The molecule has 3 aromatic rings. The minimum absolute atomic E-state index is 0.214. The van der Waals surface area contributed by atoms with Crippen LogP contribution < -0.4 is 4.74 Å². The minimum Gasteiger partial charge on any atom is -0.454 e. The summed E-state index contributed by atoms with van der Waals surface area (Å²) in [6.45, 7) is 0. The molecular formula is C25H22F3NO3. The van der Waals surface area contributed by atoms with Gasteiger partial charge in [-0.3, -0.25) is 9.69 Å². The lowest BCUT2D eigenvalue weighted by atomic mass is 9.90. The van der Waals surface area contributed by atoms with E-state index >= 15 is 0 Å². The highest BCUT2D eigenvalue weighted by Gasteiger charge is 2.43. The second-order valence-electron chi connectivity index (χ2n) is 7.70. The number of cyclic esters (lactones) is 1. The van der Waals surface area contributed by atoms with Crippen LogP contribution in [0.15, 0.2) is 84.9 Å². The summed E-state index contributed by atoms with van der Waals surface area (Å²) in [5.74, 6) is -0.670. The van der Waals surface area contributed by atoms with Crippen molar-refractivity contribution in [2.24, 2.45) is 0 Å². The SMILES string of the molecule is CN1C(Cc2ccc(OC(F)(F)F)cc2)C(=O)OC(c2ccccc2)C1c1ccccc1. The number of halogens is 3. The molecule has 1 aliphatic heterocycles. The number of carbonyl (C=O) groups excluding carboxylic acids is 1. The van der Waals surface area contributed by atoms with Crippen molar-refractivity contribution < 1.29 is 27.4 Å². The summed E-state index contributed by atoms with van der Waals surface area (Å²) in [7, 11) is 1.87. The Bertz CT molecular complexity index is 1040. The van der Waals surface area contributed by atoms with Crippen LogP contribution in [0.2, 0.25) is 0 Å². The monoisotopic (exact) mass is 441 g/mol. The van der Waals surface area contributed by atoms with Crippen LogP contribution in [0.1, 0.15) is 28.8 Å². The zero-order valence-corrected chi connectivity index (χ0v) is 17.3. The van der Waals surface area contributed by atoms with Crippen LogP contribution in [0.25, 0.3) is 0 Å². The molecule has 32 heavy (non-hydrogen) atoms. The highest BCUT2D eigenvalue weighted by molar-refractivity contribution is 5.77. The molecule has 1 aliphatic rings. The highest BCUT2D eigenvalue weighted by Crippen LogP contribution is 2.41. The Morgan fingerprint density at radius 2 is 1.44 bits per heavy atom. The lowest BCUT2D eigenvalue weighted by molar-refractivity contribution is -0.274. The van der Waals surface area contributed by atoms with Gasteiger partial charge in [-0.25, -0.2) is 0 Å². The van der Waals surface area contributed by atoms with Crippen molar-refractivity contribution >= 4 is 5.97 Å². The van der Waals surface area contributed by atoms with E-state index in [-0.39, 0.29) is 17.8 Å². The lowest BCUT2D eigenvalue weighted by Crippen LogP contribution is -2.50. The first-order valence-corrected chi connectivity index (χ1v) is 10.2. The lowest BCUT2D eigenvalue weighted by Gasteiger charge is -2.43. The Morgan fingerprint density at radius 3 is 2.00 bits per heavy atom. The molecule has 0 bridgehead atoms. The van der Waals surface area contributed by atoms with Crippen molar-refractivity contribution in [3.05, 3.63) is 102 Å². The van der Waals surface area contributed by atoms with Gasteiger partial charge in [-0.15, -0.1) is 13.2 Å². The molecule has 1 fully saturated rings. The predicted molar refractivity (Wildman–Crippen MR) is 113 cm³/mol. The van der Waals surface area contributed by atoms with Crippen LogP contribution in [-0.4, -0.2) is 30.3 Å². The number of hydrogen-bond acceptors (Lipinski definition) is 4. The van der Waals surface area contributed by atoms with Crippen LogP contribution in [-0.2, 0) is 16.0 Å². The number of likely N-dealkylation sites (N-methyl/N-ethyl adjacent to an activating group) is 1. The topological polar surface area (TPSA) is 38.8 Å². The Balaban J connectivity index is 1.60. The summed E-state index contributed by atoms with van der Waals surface area (Å²) in [6.07, 6.45) is -4.92. The maximum atomic E-state index is 13.0. The Hall–Kier alpha value is -3.32. The highest BCUT2D eigenvalue weighted by atomic mass is 19.4. The molecule has 1 heterocycles. The van der Waals surface area contributed by atoms with E-state index < -0.39 is 18.5 Å². The summed E-state index contributed by atoms with van der Waals surface area (Å²) in [6, 6.07) is 24.1. The largest absolute Gasteiger partial charge is 0.573 e. The molecule has 0 aromatic heterocycles. The van der Waals surface area contributed by atoms with Crippen molar-refractivity contribution in [1.29, 1.82) is 0 Å². The number of ether oxygens (including phenoxy) is 2. The van der Waals surface area contributed by atoms with Crippen LogP contribution in [0.5, 0.6) is 5.75 Å². The number of hydrogen-bond donors (Lipinski definition) is 0. The number of rotatable bonds is 5. The number of nitrogens with zero attached hydrogens (tertiary/aromatic N) is 1. The van der Waals surface area contributed by atoms with Gasteiger partial charge in [0, 0.05) is 0 Å². The van der Waals surface area contributed by atoms with Crippen LogP contribution in [0.4, 0.5) is 13.2 Å². The molecule has 7 heteroatoms. The number of alkyl halides is 3. The normalized spacial score (nSPS) is 21.8. The molecule has 0 radical (unpaired) electrons. The number of carbonyl (C=O) groups is 1. The summed E-state index contributed by atoms with van der Waals surface area (Å²) in [5, 5.41) is 0. The van der Waals surface area contributed by atoms with E-state index in [1.54, 1.807) is 0 Å². The first-order valence-electron chi connectivity index (χ1n) is 10.2. The summed E-state index contributed by atoms with van der Waals surface area (Å²) in [5.41, 5.74) is 2.61. The Kier molecular flexibility index (Phi) is 6.19. The van der Waals surface area contributed by atoms with E-state index in [4.69, 9.17) is 4.74 Å². The van der Waals surface area contributed by atoms with Gasteiger partial charge in [0.2, 0.25) is 0 Å². The Labute approximate surface area is 184 Å². The number of benzene rings is 3. The summed E-state index contributed by atoms with van der Waals surface area (Å²) >= 11 is 0. The van der Waals surface area contributed by atoms with E-state index in [2.05, 4.69) is 4.74 Å². The molecule has 0 aliphatic carbocycles. The molecule has 0 N–H and O–H groups in total. The van der Waals surface area contributed by atoms with Gasteiger partial charge in [0.15, 0.2) is 0 Å². The first kappa shape index (κ1) is 21.9. The van der Waals surface area contributed by atoms with E-state index in [1.807, 2.05) is 72.6 Å².